The molecule has 0 aliphatic heterocycles. The van der Waals surface area contributed by atoms with Crippen molar-refractivity contribution in [3.63, 3.8) is 0 Å². The summed E-state index contributed by atoms with van der Waals surface area (Å²) >= 11 is 0. The zero-order chi connectivity index (χ0) is 21.0. The van der Waals surface area contributed by atoms with Crippen LogP contribution in [-0.4, -0.2) is 37.8 Å². The quantitative estimate of drug-likeness (QED) is 0.378. The van der Waals surface area contributed by atoms with Gasteiger partial charge in [0.2, 0.25) is 0 Å². The molecule has 1 aromatic rings. The number of carbonyl (C=O) groups excluding carboxylic acids is 2. The Hall–Kier alpha value is -2.08. The van der Waals surface area contributed by atoms with Crippen LogP contribution in [0.3, 0.4) is 0 Å². The Balaban J connectivity index is 2.98. The molecule has 6 heteroatoms. The predicted octanol–water partition coefficient (Wildman–Crippen LogP) is 4.97. The molecule has 6 nitrogen and oxygen atoms in total. The first-order valence-electron chi connectivity index (χ1n) is 10.2. The fourth-order valence-electron chi connectivity index (χ4n) is 2.71. The molecule has 0 fully saturated rings. The molecule has 0 spiro atoms. The van der Waals surface area contributed by atoms with E-state index in [1.54, 1.807) is 39.2 Å². The van der Waals surface area contributed by atoms with Gasteiger partial charge < -0.3 is 19.5 Å². The van der Waals surface area contributed by atoms with Crippen LogP contribution in [0.25, 0.3) is 0 Å². The summed E-state index contributed by atoms with van der Waals surface area (Å²) in [6, 6.07) is 5.02. The molecule has 0 bridgehead atoms. The predicted molar refractivity (Wildman–Crippen MR) is 111 cm³/mol. The van der Waals surface area contributed by atoms with Gasteiger partial charge in [-0.05, 0) is 44.9 Å². The van der Waals surface area contributed by atoms with Crippen molar-refractivity contribution in [1.29, 1.82) is 0 Å². The minimum absolute atomic E-state index is 0.236. The van der Waals surface area contributed by atoms with Crippen LogP contribution < -0.4 is 10.1 Å². The molecule has 0 aromatic heterocycles. The molecular formula is C22H35NO5. The highest BCUT2D eigenvalue weighted by Crippen LogP contribution is 2.26. The number of unbranched alkanes of at least 4 members (excludes halogenated alkanes) is 3. The minimum atomic E-state index is -0.921. The molecule has 1 N–H and O–H groups in total. The lowest BCUT2D eigenvalue weighted by Gasteiger charge is -2.27. The molecule has 1 rings (SSSR count). The summed E-state index contributed by atoms with van der Waals surface area (Å²) in [4.78, 5) is 25.1. The number of hydrogen-bond acceptors (Lipinski definition) is 5. The van der Waals surface area contributed by atoms with Crippen molar-refractivity contribution in [2.45, 2.75) is 71.8 Å². The molecule has 158 valence electrons. The fraction of sp³-hybridized carbons (Fsp3) is 0.636. The third-order valence-electron chi connectivity index (χ3n) is 4.68. The lowest BCUT2D eigenvalue weighted by Crippen LogP contribution is -2.42. The monoisotopic (exact) mass is 393 g/mol. The highest BCUT2D eigenvalue weighted by Gasteiger charge is 2.32. The van der Waals surface area contributed by atoms with E-state index >= 15 is 0 Å². The zero-order valence-electron chi connectivity index (χ0n) is 17.9. The van der Waals surface area contributed by atoms with E-state index in [1.165, 1.54) is 0 Å². The molecule has 0 radical (unpaired) electrons. The largest absolute Gasteiger partial charge is 0.493 e. The smallest absolute Gasteiger partial charge is 0.341 e. The van der Waals surface area contributed by atoms with Crippen LogP contribution in [0.15, 0.2) is 18.2 Å². The third kappa shape index (κ3) is 7.15. The van der Waals surface area contributed by atoms with E-state index < -0.39 is 11.6 Å². The molecule has 0 heterocycles. The van der Waals surface area contributed by atoms with Gasteiger partial charge in [0, 0.05) is 12.8 Å². The van der Waals surface area contributed by atoms with Gasteiger partial charge in [-0.25, -0.2) is 4.79 Å². The van der Waals surface area contributed by atoms with Crippen molar-refractivity contribution in [2.24, 2.45) is 0 Å². The van der Waals surface area contributed by atoms with E-state index in [0.717, 1.165) is 32.1 Å². The molecule has 28 heavy (non-hydrogen) atoms. The maximum atomic E-state index is 12.8. The molecule has 0 saturated carbocycles. The molecule has 1 aromatic carbocycles. The van der Waals surface area contributed by atoms with Crippen LogP contribution in [-0.2, 0) is 14.3 Å². The van der Waals surface area contributed by atoms with Gasteiger partial charge in [-0.1, -0.05) is 39.5 Å². The second-order valence-electron chi connectivity index (χ2n) is 6.98. The molecule has 1 atom stereocenters. The van der Waals surface area contributed by atoms with Gasteiger partial charge in [-0.15, -0.1) is 0 Å². The van der Waals surface area contributed by atoms with Gasteiger partial charge in [0.15, 0.2) is 0 Å². The van der Waals surface area contributed by atoms with E-state index in [2.05, 4.69) is 19.2 Å². The van der Waals surface area contributed by atoms with Crippen molar-refractivity contribution in [2.75, 3.05) is 25.6 Å². The summed E-state index contributed by atoms with van der Waals surface area (Å²) < 4.78 is 16.3. The summed E-state index contributed by atoms with van der Waals surface area (Å²) in [5, 5.41) is 2.86. The Morgan fingerprint density at radius 2 is 1.79 bits per heavy atom. The normalized spacial score (nSPS) is 12.9. The van der Waals surface area contributed by atoms with Crippen LogP contribution in [0.2, 0.25) is 0 Å². The highest BCUT2D eigenvalue weighted by atomic mass is 16.5. The second kappa shape index (κ2) is 12.4. The molecular weight excluding hydrogens is 358 g/mol. The van der Waals surface area contributed by atoms with E-state index in [9.17, 15) is 9.59 Å². The second-order valence-corrected chi connectivity index (χ2v) is 6.98. The number of amides is 1. The molecule has 0 aliphatic carbocycles. The molecule has 0 unspecified atom stereocenters. The van der Waals surface area contributed by atoms with Gasteiger partial charge in [-0.3, -0.25) is 4.79 Å². The van der Waals surface area contributed by atoms with Gasteiger partial charge in [0.05, 0.1) is 13.2 Å². The fourth-order valence-corrected chi connectivity index (χ4v) is 2.71. The van der Waals surface area contributed by atoms with Crippen molar-refractivity contribution in [3.05, 3.63) is 23.8 Å². The van der Waals surface area contributed by atoms with Crippen LogP contribution in [0.5, 0.6) is 5.75 Å². The average molecular weight is 394 g/mol. The summed E-state index contributed by atoms with van der Waals surface area (Å²) in [6.45, 7) is 8.51. The number of rotatable bonds is 13. The summed E-state index contributed by atoms with van der Waals surface area (Å²) in [5.74, 6) is -0.245. The SMILES string of the molecule is CCCCC[C@@](C)(OC)C(=O)Nc1ccc(OCCCC)c(C(=O)OCC)c1. The Morgan fingerprint density at radius 3 is 2.39 bits per heavy atom. The first-order valence-corrected chi connectivity index (χ1v) is 10.2. The Bertz CT molecular complexity index is 631. The maximum Gasteiger partial charge on any atom is 0.341 e. The molecule has 1 amide bonds. The van der Waals surface area contributed by atoms with Crippen LogP contribution >= 0.6 is 0 Å². The van der Waals surface area contributed by atoms with Gasteiger partial charge >= 0.3 is 5.97 Å². The Morgan fingerprint density at radius 1 is 1.07 bits per heavy atom. The lowest BCUT2D eigenvalue weighted by molar-refractivity contribution is -0.136. The van der Waals surface area contributed by atoms with E-state index in [1.807, 2.05) is 0 Å². The van der Waals surface area contributed by atoms with Gasteiger partial charge in [0.1, 0.15) is 16.9 Å². The topological polar surface area (TPSA) is 73.9 Å². The Kier molecular flexibility index (Phi) is 10.6. The molecule has 0 aliphatic rings. The van der Waals surface area contributed by atoms with Crippen molar-refractivity contribution >= 4 is 17.6 Å². The lowest BCUT2D eigenvalue weighted by atomic mass is 9.96. The minimum Gasteiger partial charge on any atom is -0.493 e. The Labute approximate surface area is 168 Å². The summed E-state index contributed by atoms with van der Waals surface area (Å²) in [5.41, 5.74) is -0.106. The number of benzene rings is 1. The van der Waals surface area contributed by atoms with E-state index in [-0.39, 0.29) is 12.5 Å². The number of hydrogen-bond donors (Lipinski definition) is 1. The highest BCUT2D eigenvalue weighted by molar-refractivity contribution is 5.99. The first-order chi connectivity index (χ1) is 13.4. The maximum absolute atomic E-state index is 12.8. The average Bonchev–Trinajstić information content (AvgIpc) is 2.69. The van der Waals surface area contributed by atoms with E-state index in [4.69, 9.17) is 14.2 Å². The van der Waals surface area contributed by atoms with Gasteiger partial charge in [0.25, 0.3) is 5.91 Å². The number of anilines is 1. The number of nitrogens with one attached hydrogen (secondary N) is 1. The summed E-state index contributed by atoms with van der Waals surface area (Å²) in [6.07, 6.45) is 5.55. The van der Waals surface area contributed by atoms with Crippen molar-refractivity contribution in [1.82, 2.24) is 0 Å². The van der Waals surface area contributed by atoms with E-state index in [0.29, 0.717) is 30.0 Å². The number of esters is 1. The van der Waals surface area contributed by atoms with Crippen LogP contribution in [0.4, 0.5) is 5.69 Å². The van der Waals surface area contributed by atoms with Crippen molar-refractivity contribution < 1.29 is 23.8 Å². The standard InChI is InChI=1S/C22H35NO5/c1-6-9-11-14-22(4,26-5)21(25)23-17-12-13-19(28-15-10-7-2)18(16-17)20(24)27-8-3/h12-13,16H,6-11,14-15H2,1-5H3,(H,23,25)/t22-/m1/s1. The molecule has 0 saturated heterocycles. The van der Waals surface area contributed by atoms with Crippen LogP contribution in [0.1, 0.15) is 76.6 Å². The van der Waals surface area contributed by atoms with Crippen molar-refractivity contribution in [3.8, 4) is 5.75 Å². The van der Waals surface area contributed by atoms with Gasteiger partial charge in [-0.2, -0.15) is 0 Å². The number of carbonyl (C=O) groups is 2. The number of methoxy groups -OCH3 is 1. The zero-order valence-corrected chi connectivity index (χ0v) is 17.9. The number of ether oxygens (including phenoxy) is 3. The first kappa shape index (κ1) is 24.0. The van der Waals surface area contributed by atoms with Crippen LogP contribution in [0, 0.1) is 0 Å². The third-order valence-corrected chi connectivity index (χ3v) is 4.68. The summed E-state index contributed by atoms with van der Waals surface area (Å²) in [7, 11) is 1.54.